The second-order valence-corrected chi connectivity index (χ2v) is 4.02. The van der Waals surface area contributed by atoms with Crippen molar-refractivity contribution in [1.29, 1.82) is 0 Å². The summed E-state index contributed by atoms with van der Waals surface area (Å²) >= 11 is 1.38. The van der Waals surface area contributed by atoms with Crippen LogP contribution < -0.4 is 11.5 Å². The van der Waals surface area contributed by atoms with E-state index in [2.05, 4.69) is 13.8 Å². The summed E-state index contributed by atoms with van der Waals surface area (Å²) in [5.74, 6) is -0.0786. The van der Waals surface area contributed by atoms with Crippen LogP contribution in [0.5, 0.6) is 0 Å². The molecule has 3 nitrogen and oxygen atoms in total. The lowest BCUT2D eigenvalue weighted by molar-refractivity contribution is 0.100. The van der Waals surface area contributed by atoms with Gasteiger partial charge in [0.05, 0.1) is 10.6 Å². The number of carbonyl (C=O) groups is 1. The molecule has 1 unspecified atom stereocenters. The normalized spacial score (nSPS) is 12.8. The van der Waals surface area contributed by atoms with Crippen LogP contribution in [0.25, 0.3) is 0 Å². The lowest BCUT2D eigenvalue weighted by atomic mass is 9.97. The first-order valence-electron chi connectivity index (χ1n) is 4.24. The summed E-state index contributed by atoms with van der Waals surface area (Å²) in [4.78, 5) is 11.1. The molecule has 1 aromatic rings. The second-order valence-electron chi connectivity index (χ2n) is 3.10. The maximum absolute atomic E-state index is 11.1. The van der Waals surface area contributed by atoms with Crippen LogP contribution in [0.3, 0.4) is 0 Å². The first-order valence-corrected chi connectivity index (χ1v) is 5.12. The van der Waals surface area contributed by atoms with Crippen molar-refractivity contribution < 1.29 is 4.79 Å². The molecule has 0 radical (unpaired) electrons. The standard InChI is InChI=1S/C9H14N2OS/c1-3-5(2)6-4-13-9(11)7(6)8(10)12/h4-5H,3,11H2,1-2H3,(H2,10,12). The zero-order valence-corrected chi connectivity index (χ0v) is 8.65. The van der Waals surface area contributed by atoms with Gasteiger partial charge in [-0.25, -0.2) is 0 Å². The molecule has 0 bridgehead atoms. The van der Waals surface area contributed by atoms with E-state index >= 15 is 0 Å². The molecule has 1 amide bonds. The summed E-state index contributed by atoms with van der Waals surface area (Å²) in [6.45, 7) is 4.14. The van der Waals surface area contributed by atoms with Crippen molar-refractivity contribution in [2.24, 2.45) is 5.73 Å². The third kappa shape index (κ3) is 1.83. The summed E-state index contributed by atoms with van der Waals surface area (Å²) in [6, 6.07) is 0. The molecular weight excluding hydrogens is 184 g/mol. The predicted molar refractivity (Wildman–Crippen MR) is 56.0 cm³/mol. The molecular formula is C9H14N2OS. The lowest BCUT2D eigenvalue weighted by Crippen LogP contribution is -2.14. The van der Waals surface area contributed by atoms with Crippen LogP contribution in [-0.4, -0.2) is 5.91 Å². The second kappa shape index (κ2) is 3.79. The van der Waals surface area contributed by atoms with Crippen molar-refractivity contribution in [3.63, 3.8) is 0 Å². The zero-order chi connectivity index (χ0) is 10.0. The molecule has 0 saturated heterocycles. The van der Waals surface area contributed by atoms with Crippen LogP contribution in [0.1, 0.15) is 42.1 Å². The van der Waals surface area contributed by atoms with E-state index in [0.29, 0.717) is 16.5 Å². The average Bonchev–Trinajstić information content (AvgIpc) is 2.45. The Bertz CT molecular complexity index is 319. The number of rotatable bonds is 3. The molecule has 1 rings (SSSR count). The third-order valence-electron chi connectivity index (χ3n) is 2.24. The van der Waals surface area contributed by atoms with Crippen molar-refractivity contribution in [2.45, 2.75) is 26.2 Å². The molecule has 0 fully saturated rings. The van der Waals surface area contributed by atoms with E-state index in [1.807, 2.05) is 5.38 Å². The quantitative estimate of drug-likeness (QED) is 0.779. The summed E-state index contributed by atoms with van der Waals surface area (Å²) in [6.07, 6.45) is 0.983. The Morgan fingerprint density at radius 2 is 2.31 bits per heavy atom. The highest BCUT2D eigenvalue weighted by Crippen LogP contribution is 2.31. The predicted octanol–water partition coefficient (Wildman–Crippen LogP) is 1.94. The molecule has 4 heteroatoms. The van der Waals surface area contributed by atoms with Crippen molar-refractivity contribution in [3.05, 3.63) is 16.5 Å². The Balaban J connectivity index is 3.14. The van der Waals surface area contributed by atoms with Gasteiger partial charge >= 0.3 is 0 Å². The molecule has 0 aliphatic rings. The zero-order valence-electron chi connectivity index (χ0n) is 7.83. The van der Waals surface area contributed by atoms with Gasteiger partial charge < -0.3 is 11.5 Å². The van der Waals surface area contributed by atoms with Crippen molar-refractivity contribution >= 4 is 22.2 Å². The largest absolute Gasteiger partial charge is 0.390 e. The number of hydrogen-bond acceptors (Lipinski definition) is 3. The first-order chi connectivity index (χ1) is 6.07. The minimum Gasteiger partial charge on any atom is -0.390 e. The van der Waals surface area contributed by atoms with Crippen LogP contribution in [0.4, 0.5) is 5.00 Å². The van der Waals surface area contributed by atoms with Gasteiger partial charge in [0.25, 0.3) is 5.91 Å². The molecule has 1 atom stereocenters. The molecule has 13 heavy (non-hydrogen) atoms. The maximum Gasteiger partial charge on any atom is 0.251 e. The van der Waals surface area contributed by atoms with Crippen LogP contribution in [-0.2, 0) is 0 Å². The average molecular weight is 198 g/mol. The summed E-state index contributed by atoms with van der Waals surface area (Å²) in [5, 5.41) is 2.45. The van der Waals surface area contributed by atoms with Gasteiger partial charge in [-0.1, -0.05) is 13.8 Å². The van der Waals surface area contributed by atoms with Crippen LogP contribution in [0.2, 0.25) is 0 Å². The number of primary amides is 1. The molecule has 72 valence electrons. The third-order valence-corrected chi connectivity index (χ3v) is 3.07. The Hall–Kier alpha value is -1.03. The summed E-state index contributed by atoms with van der Waals surface area (Å²) in [7, 11) is 0. The molecule has 0 aliphatic carbocycles. The monoisotopic (exact) mass is 198 g/mol. The Morgan fingerprint density at radius 3 is 2.77 bits per heavy atom. The molecule has 0 spiro atoms. The van der Waals surface area contributed by atoms with Gasteiger partial charge in [0.15, 0.2) is 0 Å². The number of thiophene rings is 1. The Kier molecular flexibility index (Phi) is 2.93. The van der Waals surface area contributed by atoms with Gasteiger partial charge in [0.2, 0.25) is 0 Å². The van der Waals surface area contributed by atoms with Gasteiger partial charge in [-0.15, -0.1) is 11.3 Å². The van der Waals surface area contributed by atoms with Crippen molar-refractivity contribution in [2.75, 3.05) is 5.73 Å². The Labute approximate surface area is 81.7 Å². The lowest BCUT2D eigenvalue weighted by Gasteiger charge is -2.07. The van der Waals surface area contributed by atoms with Gasteiger partial charge in [-0.3, -0.25) is 4.79 Å². The SMILES string of the molecule is CCC(C)c1csc(N)c1C(N)=O. The highest BCUT2D eigenvalue weighted by atomic mass is 32.1. The highest BCUT2D eigenvalue weighted by molar-refractivity contribution is 7.14. The highest BCUT2D eigenvalue weighted by Gasteiger charge is 2.17. The number of nitrogen functional groups attached to an aromatic ring is 1. The van der Waals surface area contributed by atoms with Gasteiger partial charge in [0, 0.05) is 0 Å². The van der Waals surface area contributed by atoms with Gasteiger partial charge in [0.1, 0.15) is 0 Å². The fourth-order valence-electron chi connectivity index (χ4n) is 1.23. The van der Waals surface area contributed by atoms with Gasteiger partial charge in [-0.05, 0) is 23.3 Å². The minimum atomic E-state index is -0.422. The first kappa shape index (κ1) is 10.1. The number of nitrogens with two attached hydrogens (primary N) is 2. The van der Waals surface area contributed by atoms with Gasteiger partial charge in [-0.2, -0.15) is 0 Å². The molecule has 1 heterocycles. The van der Waals surface area contributed by atoms with E-state index in [-0.39, 0.29) is 0 Å². The van der Waals surface area contributed by atoms with E-state index < -0.39 is 5.91 Å². The minimum absolute atomic E-state index is 0.344. The van der Waals surface area contributed by atoms with Crippen LogP contribution in [0, 0.1) is 0 Å². The van der Waals surface area contributed by atoms with Crippen molar-refractivity contribution in [3.8, 4) is 0 Å². The van der Waals surface area contributed by atoms with E-state index in [1.165, 1.54) is 11.3 Å². The topological polar surface area (TPSA) is 69.1 Å². The smallest absolute Gasteiger partial charge is 0.251 e. The molecule has 0 saturated carbocycles. The van der Waals surface area contributed by atoms with Crippen LogP contribution >= 0.6 is 11.3 Å². The molecule has 1 aromatic heterocycles. The fourth-order valence-corrected chi connectivity index (χ4v) is 2.17. The number of amides is 1. The van der Waals surface area contributed by atoms with E-state index in [1.54, 1.807) is 0 Å². The van der Waals surface area contributed by atoms with E-state index in [4.69, 9.17) is 11.5 Å². The summed E-state index contributed by atoms with van der Waals surface area (Å²) < 4.78 is 0. The van der Waals surface area contributed by atoms with E-state index in [0.717, 1.165) is 12.0 Å². The molecule has 4 N–H and O–H groups in total. The van der Waals surface area contributed by atoms with Crippen molar-refractivity contribution in [1.82, 2.24) is 0 Å². The maximum atomic E-state index is 11.1. The van der Waals surface area contributed by atoms with E-state index in [9.17, 15) is 4.79 Å². The molecule has 0 aliphatic heterocycles. The number of anilines is 1. The number of hydrogen-bond donors (Lipinski definition) is 2. The number of carbonyl (C=O) groups excluding carboxylic acids is 1. The fraction of sp³-hybridized carbons (Fsp3) is 0.444. The van der Waals surface area contributed by atoms with Crippen LogP contribution in [0.15, 0.2) is 5.38 Å². The summed E-state index contributed by atoms with van der Waals surface area (Å²) in [5.41, 5.74) is 12.4. The Morgan fingerprint density at radius 1 is 1.69 bits per heavy atom. The molecule has 0 aromatic carbocycles.